The van der Waals surface area contributed by atoms with Crippen LogP contribution in [0.4, 0.5) is 10.5 Å². The molecule has 11 heteroatoms. The zero-order chi connectivity index (χ0) is 27.4. The Morgan fingerprint density at radius 2 is 1.79 bits per heavy atom. The summed E-state index contributed by atoms with van der Waals surface area (Å²) in [5.74, 6) is -1.49. The SMILES string of the molecule is COC(=O)c1ccc(N2C(=O)NC(=O)/C(=C\c3cc(Br)c(OCc4cccc(Cl)c4)c(OC)c3)C2=O)cc1. The number of nitrogens with zero attached hydrogens (tertiary/aromatic N) is 1. The van der Waals surface area contributed by atoms with Gasteiger partial charge in [0.2, 0.25) is 0 Å². The van der Waals surface area contributed by atoms with E-state index in [9.17, 15) is 19.2 Å². The molecule has 4 rings (SSSR count). The van der Waals surface area contributed by atoms with E-state index < -0.39 is 23.8 Å². The molecule has 194 valence electrons. The van der Waals surface area contributed by atoms with Gasteiger partial charge in [-0.15, -0.1) is 0 Å². The Kier molecular flexibility index (Phi) is 8.13. The van der Waals surface area contributed by atoms with E-state index in [1.165, 1.54) is 44.6 Å². The van der Waals surface area contributed by atoms with E-state index in [1.807, 2.05) is 12.1 Å². The Labute approximate surface area is 231 Å². The number of barbiturate groups is 1. The molecule has 9 nitrogen and oxygen atoms in total. The van der Waals surface area contributed by atoms with Crippen LogP contribution in [0.2, 0.25) is 5.02 Å². The lowest BCUT2D eigenvalue weighted by Gasteiger charge is -2.26. The maximum Gasteiger partial charge on any atom is 0.337 e. The molecule has 1 heterocycles. The minimum atomic E-state index is -0.911. The van der Waals surface area contributed by atoms with Gasteiger partial charge in [0.1, 0.15) is 12.2 Å². The molecular formula is C27H20BrClN2O7. The summed E-state index contributed by atoms with van der Waals surface area (Å²) < 4.78 is 16.6. The number of ether oxygens (including phenoxy) is 3. The molecule has 1 saturated heterocycles. The van der Waals surface area contributed by atoms with Gasteiger partial charge >= 0.3 is 12.0 Å². The summed E-state index contributed by atoms with van der Waals surface area (Å²) in [5, 5.41) is 2.75. The highest BCUT2D eigenvalue weighted by molar-refractivity contribution is 9.10. The monoisotopic (exact) mass is 598 g/mol. The van der Waals surface area contributed by atoms with Gasteiger partial charge in [0, 0.05) is 5.02 Å². The highest BCUT2D eigenvalue weighted by Crippen LogP contribution is 2.38. The molecule has 0 saturated carbocycles. The van der Waals surface area contributed by atoms with E-state index in [1.54, 1.807) is 24.3 Å². The van der Waals surface area contributed by atoms with Crippen LogP contribution in [-0.4, -0.2) is 38.0 Å². The maximum absolute atomic E-state index is 13.2. The van der Waals surface area contributed by atoms with Crippen LogP contribution in [0.15, 0.2) is 70.7 Å². The molecular weight excluding hydrogens is 580 g/mol. The van der Waals surface area contributed by atoms with Gasteiger partial charge < -0.3 is 14.2 Å². The van der Waals surface area contributed by atoms with Gasteiger partial charge in [-0.3, -0.25) is 14.9 Å². The van der Waals surface area contributed by atoms with Crippen molar-refractivity contribution in [1.82, 2.24) is 5.32 Å². The number of imide groups is 2. The number of nitrogens with one attached hydrogen (secondary N) is 1. The third kappa shape index (κ3) is 5.71. The van der Waals surface area contributed by atoms with Crippen molar-refractivity contribution in [3.63, 3.8) is 0 Å². The molecule has 1 fully saturated rings. The number of halogens is 2. The molecule has 0 aliphatic carbocycles. The first-order valence-corrected chi connectivity index (χ1v) is 12.2. The molecule has 0 atom stereocenters. The van der Waals surface area contributed by atoms with Gasteiger partial charge in [-0.2, -0.15) is 0 Å². The predicted octanol–water partition coefficient (Wildman–Crippen LogP) is 5.14. The molecule has 0 spiro atoms. The first kappa shape index (κ1) is 26.9. The maximum atomic E-state index is 13.2. The Morgan fingerprint density at radius 1 is 1.05 bits per heavy atom. The van der Waals surface area contributed by atoms with E-state index >= 15 is 0 Å². The van der Waals surface area contributed by atoms with Crippen molar-refractivity contribution in [2.24, 2.45) is 0 Å². The van der Waals surface area contributed by atoms with Gasteiger partial charge in [0.25, 0.3) is 11.8 Å². The smallest absolute Gasteiger partial charge is 0.337 e. The molecule has 0 aromatic heterocycles. The number of methoxy groups -OCH3 is 2. The fourth-order valence-corrected chi connectivity index (χ4v) is 4.46. The Morgan fingerprint density at radius 3 is 2.45 bits per heavy atom. The van der Waals surface area contributed by atoms with E-state index in [0.717, 1.165) is 10.5 Å². The lowest BCUT2D eigenvalue weighted by molar-refractivity contribution is -0.122. The molecule has 1 aliphatic rings. The third-order valence-corrected chi connectivity index (χ3v) is 6.31. The zero-order valence-corrected chi connectivity index (χ0v) is 22.5. The predicted molar refractivity (Wildman–Crippen MR) is 143 cm³/mol. The van der Waals surface area contributed by atoms with Gasteiger partial charge in [-0.25, -0.2) is 14.5 Å². The molecule has 0 unspecified atom stereocenters. The number of carbonyl (C=O) groups excluding carboxylic acids is 4. The van der Waals surface area contributed by atoms with Crippen molar-refractivity contribution in [2.45, 2.75) is 6.61 Å². The number of benzene rings is 3. The van der Waals surface area contributed by atoms with Crippen molar-refractivity contribution < 1.29 is 33.4 Å². The Bertz CT molecular complexity index is 1470. The average molecular weight is 600 g/mol. The summed E-state index contributed by atoms with van der Waals surface area (Å²) in [6.45, 7) is 0.225. The van der Waals surface area contributed by atoms with Crippen LogP contribution < -0.4 is 19.7 Å². The number of urea groups is 1. The van der Waals surface area contributed by atoms with Crippen LogP contribution in [0.1, 0.15) is 21.5 Å². The molecule has 3 aromatic carbocycles. The van der Waals surface area contributed by atoms with E-state index in [4.69, 9.17) is 21.1 Å². The average Bonchev–Trinajstić information content (AvgIpc) is 2.90. The lowest BCUT2D eigenvalue weighted by atomic mass is 10.1. The van der Waals surface area contributed by atoms with Gasteiger partial charge in [0.05, 0.1) is 29.9 Å². The van der Waals surface area contributed by atoms with Crippen LogP contribution >= 0.6 is 27.5 Å². The summed E-state index contributed by atoms with van der Waals surface area (Å²) in [4.78, 5) is 50.8. The van der Waals surface area contributed by atoms with E-state index in [-0.39, 0.29) is 23.4 Å². The number of esters is 1. The number of anilines is 1. The summed E-state index contributed by atoms with van der Waals surface area (Å²) in [6.07, 6.45) is 1.34. The van der Waals surface area contributed by atoms with Gasteiger partial charge in [0.15, 0.2) is 11.5 Å². The highest BCUT2D eigenvalue weighted by atomic mass is 79.9. The first-order valence-electron chi connectivity index (χ1n) is 11.1. The molecule has 38 heavy (non-hydrogen) atoms. The number of carbonyl (C=O) groups is 4. The van der Waals surface area contributed by atoms with Crippen molar-refractivity contribution in [3.8, 4) is 11.5 Å². The summed E-state index contributed by atoms with van der Waals surface area (Å²) in [7, 11) is 2.70. The highest BCUT2D eigenvalue weighted by Gasteiger charge is 2.37. The second-order valence-electron chi connectivity index (χ2n) is 7.95. The van der Waals surface area contributed by atoms with Crippen LogP contribution in [0.3, 0.4) is 0 Å². The van der Waals surface area contributed by atoms with E-state index in [0.29, 0.717) is 26.6 Å². The zero-order valence-electron chi connectivity index (χ0n) is 20.1. The van der Waals surface area contributed by atoms with Crippen LogP contribution in [0.25, 0.3) is 6.08 Å². The van der Waals surface area contributed by atoms with Crippen molar-refractivity contribution in [3.05, 3.63) is 92.4 Å². The third-order valence-electron chi connectivity index (χ3n) is 5.48. The second-order valence-corrected chi connectivity index (χ2v) is 9.24. The summed E-state index contributed by atoms with van der Waals surface area (Å²) in [5.41, 5.74) is 1.43. The largest absolute Gasteiger partial charge is 0.493 e. The van der Waals surface area contributed by atoms with Crippen LogP contribution in [0.5, 0.6) is 11.5 Å². The van der Waals surface area contributed by atoms with Gasteiger partial charge in [-0.05, 0) is 81.7 Å². The Hall–Kier alpha value is -4.15. The molecule has 0 radical (unpaired) electrons. The van der Waals surface area contributed by atoms with Crippen LogP contribution in [-0.2, 0) is 20.9 Å². The lowest BCUT2D eigenvalue weighted by Crippen LogP contribution is -2.54. The number of hydrogen-bond acceptors (Lipinski definition) is 7. The fraction of sp³-hybridized carbons (Fsp3) is 0.111. The van der Waals surface area contributed by atoms with Crippen molar-refractivity contribution in [2.75, 3.05) is 19.1 Å². The minimum Gasteiger partial charge on any atom is -0.493 e. The fourth-order valence-electron chi connectivity index (χ4n) is 3.67. The number of rotatable bonds is 7. The molecule has 3 aromatic rings. The summed E-state index contributed by atoms with van der Waals surface area (Å²) in [6, 6.07) is 15.2. The molecule has 1 aliphatic heterocycles. The van der Waals surface area contributed by atoms with Crippen molar-refractivity contribution >= 4 is 63.1 Å². The minimum absolute atomic E-state index is 0.169. The standard InChI is InChI=1S/C27H20BrClN2O7/c1-36-22-13-16(12-21(28)23(22)38-14-15-4-3-5-18(29)10-15)11-20-24(32)30-27(35)31(25(20)33)19-8-6-17(7-9-19)26(34)37-2/h3-13H,14H2,1-2H3,(H,30,32,35)/b20-11+. The molecule has 0 bridgehead atoms. The van der Waals surface area contributed by atoms with Crippen LogP contribution in [0, 0.1) is 0 Å². The Balaban J connectivity index is 1.62. The number of amides is 4. The topological polar surface area (TPSA) is 111 Å². The molecule has 1 N–H and O–H groups in total. The summed E-state index contributed by atoms with van der Waals surface area (Å²) >= 11 is 9.49. The molecule has 4 amide bonds. The first-order chi connectivity index (χ1) is 18.2. The normalized spacial score (nSPS) is 14.4. The quantitative estimate of drug-likeness (QED) is 0.227. The van der Waals surface area contributed by atoms with E-state index in [2.05, 4.69) is 26.0 Å². The van der Waals surface area contributed by atoms with Crippen molar-refractivity contribution in [1.29, 1.82) is 0 Å². The second kappa shape index (κ2) is 11.5. The number of hydrogen-bond donors (Lipinski definition) is 1. The van der Waals surface area contributed by atoms with Gasteiger partial charge in [-0.1, -0.05) is 23.7 Å².